The summed E-state index contributed by atoms with van der Waals surface area (Å²) in [7, 11) is 0. The van der Waals surface area contributed by atoms with E-state index in [0.717, 1.165) is 38.8 Å². The molecular formula is C28H24N2O4S. The molecule has 0 bridgehead atoms. The Hall–Kier alpha value is -3.84. The van der Waals surface area contributed by atoms with Crippen LogP contribution in [0.15, 0.2) is 71.3 Å². The Bertz CT molecular complexity index is 1560. The maximum atomic E-state index is 13.4. The summed E-state index contributed by atoms with van der Waals surface area (Å²) in [5.74, 6) is -0.259. The molecule has 4 aromatic rings. The maximum Gasteiger partial charge on any atom is 0.329 e. The maximum absolute atomic E-state index is 13.4. The molecule has 1 aliphatic heterocycles. The molecular weight excluding hydrogens is 460 g/mol. The molecule has 0 aliphatic carbocycles. The van der Waals surface area contributed by atoms with Gasteiger partial charge in [0.2, 0.25) is 5.78 Å². The summed E-state index contributed by atoms with van der Waals surface area (Å²) in [5.41, 5.74) is 7.53. The van der Waals surface area contributed by atoms with Crippen molar-refractivity contribution in [2.24, 2.45) is 0 Å². The van der Waals surface area contributed by atoms with Gasteiger partial charge in [-0.3, -0.25) is 14.4 Å². The highest BCUT2D eigenvalue weighted by atomic mass is 32.2. The summed E-state index contributed by atoms with van der Waals surface area (Å²) in [4.78, 5) is 43.6. The molecule has 1 N–H and O–H groups in total. The SMILES string of the molecule is CCn1c2ccc(C(=O)c3ccccc3C)cc2c2c3c(ccc21)C(=O)C(NOC(C)=O)=CCS3. The highest BCUT2D eigenvalue weighted by Crippen LogP contribution is 2.41. The third-order valence-corrected chi connectivity index (χ3v) is 7.31. The molecule has 0 atom stereocenters. The summed E-state index contributed by atoms with van der Waals surface area (Å²) >= 11 is 1.56. The van der Waals surface area contributed by atoms with Crippen molar-refractivity contribution < 1.29 is 19.2 Å². The largest absolute Gasteiger partial charge is 0.344 e. The van der Waals surface area contributed by atoms with E-state index in [-0.39, 0.29) is 17.3 Å². The molecule has 0 saturated heterocycles. The van der Waals surface area contributed by atoms with E-state index in [1.54, 1.807) is 17.8 Å². The second kappa shape index (κ2) is 9.07. The third-order valence-electron chi connectivity index (χ3n) is 6.26. The molecule has 6 nitrogen and oxygen atoms in total. The lowest BCUT2D eigenvalue weighted by molar-refractivity contribution is -0.146. The quantitative estimate of drug-likeness (QED) is 0.294. The number of hydrogen-bond acceptors (Lipinski definition) is 6. The highest BCUT2D eigenvalue weighted by Gasteiger charge is 2.25. The Morgan fingerprint density at radius 3 is 2.60 bits per heavy atom. The monoisotopic (exact) mass is 484 g/mol. The van der Waals surface area contributed by atoms with Gasteiger partial charge in [-0.2, -0.15) is 0 Å². The molecule has 0 spiro atoms. The minimum absolute atomic E-state index is 0.0253. The predicted octanol–water partition coefficient (Wildman–Crippen LogP) is 5.59. The van der Waals surface area contributed by atoms with Crippen LogP contribution in [0.1, 0.15) is 45.7 Å². The second-order valence-electron chi connectivity index (χ2n) is 8.41. The Morgan fingerprint density at radius 2 is 1.86 bits per heavy atom. The van der Waals surface area contributed by atoms with E-state index in [4.69, 9.17) is 4.84 Å². The van der Waals surface area contributed by atoms with Gasteiger partial charge in [-0.15, -0.1) is 11.8 Å². The fourth-order valence-corrected chi connectivity index (χ4v) is 5.71. The molecule has 0 radical (unpaired) electrons. The van der Waals surface area contributed by atoms with E-state index in [2.05, 4.69) is 17.0 Å². The zero-order valence-corrected chi connectivity index (χ0v) is 20.5. The summed E-state index contributed by atoms with van der Waals surface area (Å²) in [6.07, 6.45) is 1.73. The number of ketones is 2. The molecule has 35 heavy (non-hydrogen) atoms. The first-order chi connectivity index (χ1) is 16.9. The number of allylic oxidation sites excluding steroid dienone is 1. The third kappa shape index (κ3) is 3.91. The van der Waals surface area contributed by atoms with E-state index >= 15 is 0 Å². The van der Waals surface area contributed by atoms with Crippen LogP contribution >= 0.6 is 11.8 Å². The minimum atomic E-state index is -0.525. The van der Waals surface area contributed by atoms with Gasteiger partial charge in [0, 0.05) is 57.1 Å². The van der Waals surface area contributed by atoms with E-state index < -0.39 is 5.97 Å². The van der Waals surface area contributed by atoms with Crippen LogP contribution in [0.3, 0.4) is 0 Å². The Balaban J connectivity index is 1.69. The molecule has 7 heteroatoms. The van der Waals surface area contributed by atoms with Gasteiger partial charge in [0.1, 0.15) is 5.70 Å². The number of aromatic nitrogens is 1. The zero-order chi connectivity index (χ0) is 24.7. The van der Waals surface area contributed by atoms with Crippen LogP contribution in [0.5, 0.6) is 0 Å². The fourth-order valence-electron chi connectivity index (χ4n) is 4.61. The Labute approximate surface area is 206 Å². The molecule has 2 heterocycles. The van der Waals surface area contributed by atoms with E-state index in [9.17, 15) is 14.4 Å². The van der Waals surface area contributed by atoms with Crippen molar-refractivity contribution in [2.45, 2.75) is 32.2 Å². The summed E-state index contributed by atoms with van der Waals surface area (Å²) < 4.78 is 2.20. The standard InChI is InChI=1S/C28H24N2O4S/c1-4-30-23-11-9-18(26(32)19-8-6-5-7-16(19)2)15-21(23)25-24(30)12-10-20-27(33)22(29-34-17(3)31)13-14-35-28(20)25/h5-13,15,29H,4,14H2,1-3H3. The van der Waals surface area contributed by atoms with Crippen LogP contribution in [-0.2, 0) is 16.2 Å². The van der Waals surface area contributed by atoms with Gasteiger partial charge in [-0.1, -0.05) is 24.3 Å². The van der Waals surface area contributed by atoms with Gasteiger partial charge in [-0.25, -0.2) is 5.48 Å². The average molecular weight is 485 g/mol. The van der Waals surface area contributed by atoms with Crippen molar-refractivity contribution >= 4 is 51.1 Å². The molecule has 176 valence electrons. The van der Waals surface area contributed by atoms with Crippen molar-refractivity contribution in [1.82, 2.24) is 10.0 Å². The lowest BCUT2D eigenvalue weighted by atomic mass is 9.97. The van der Waals surface area contributed by atoms with E-state index in [1.165, 1.54) is 6.92 Å². The lowest BCUT2D eigenvalue weighted by Crippen LogP contribution is -2.23. The lowest BCUT2D eigenvalue weighted by Gasteiger charge is -2.10. The number of thioether (sulfide) groups is 1. The first-order valence-corrected chi connectivity index (χ1v) is 12.4. The minimum Gasteiger partial charge on any atom is -0.344 e. The average Bonchev–Trinajstić information content (AvgIpc) is 3.08. The first kappa shape index (κ1) is 22.9. The van der Waals surface area contributed by atoms with Gasteiger partial charge in [0.15, 0.2) is 5.78 Å². The number of rotatable bonds is 5. The molecule has 0 fully saturated rings. The number of nitrogens with one attached hydrogen (secondary N) is 1. The number of aryl methyl sites for hydroxylation is 2. The van der Waals surface area contributed by atoms with Crippen molar-refractivity contribution in [2.75, 3.05) is 5.75 Å². The van der Waals surface area contributed by atoms with Crippen molar-refractivity contribution in [1.29, 1.82) is 0 Å². The number of carbonyl (C=O) groups excluding carboxylic acids is 3. The molecule has 1 aliphatic rings. The molecule has 5 rings (SSSR count). The number of Topliss-reactive ketones (excluding diaryl/α,β-unsaturated/α-hetero) is 1. The number of hydroxylamine groups is 1. The first-order valence-electron chi connectivity index (χ1n) is 11.4. The topological polar surface area (TPSA) is 77.4 Å². The van der Waals surface area contributed by atoms with Crippen LogP contribution < -0.4 is 5.48 Å². The van der Waals surface area contributed by atoms with Crippen LogP contribution in [0.2, 0.25) is 0 Å². The highest BCUT2D eigenvalue weighted by molar-refractivity contribution is 7.99. The van der Waals surface area contributed by atoms with Crippen LogP contribution in [0, 0.1) is 6.92 Å². The molecule has 3 aromatic carbocycles. The second-order valence-corrected chi connectivity index (χ2v) is 9.44. The number of carbonyl (C=O) groups is 3. The van der Waals surface area contributed by atoms with Gasteiger partial charge >= 0.3 is 5.97 Å². The summed E-state index contributed by atoms with van der Waals surface area (Å²) in [5, 5.41) is 1.90. The van der Waals surface area contributed by atoms with Crippen LogP contribution in [-0.4, -0.2) is 27.9 Å². The molecule has 1 aromatic heterocycles. The summed E-state index contributed by atoms with van der Waals surface area (Å²) in [6.45, 7) is 6.04. The predicted molar refractivity (Wildman–Crippen MR) is 138 cm³/mol. The van der Waals surface area contributed by atoms with Crippen LogP contribution in [0.25, 0.3) is 21.8 Å². The fraction of sp³-hybridized carbons (Fsp3) is 0.179. The smallest absolute Gasteiger partial charge is 0.329 e. The Morgan fingerprint density at radius 1 is 1.09 bits per heavy atom. The van der Waals surface area contributed by atoms with Crippen molar-refractivity contribution in [3.63, 3.8) is 0 Å². The van der Waals surface area contributed by atoms with Crippen molar-refractivity contribution in [3.05, 3.63) is 88.6 Å². The number of hydrogen-bond donors (Lipinski definition) is 1. The number of fused-ring (bicyclic) bond motifs is 5. The van der Waals surface area contributed by atoms with Gasteiger partial charge in [-0.05, 0) is 55.8 Å². The van der Waals surface area contributed by atoms with Crippen LogP contribution in [0.4, 0.5) is 0 Å². The van der Waals surface area contributed by atoms with Gasteiger partial charge < -0.3 is 9.40 Å². The number of nitrogens with zero attached hydrogens (tertiary/aromatic N) is 1. The van der Waals surface area contributed by atoms with E-state index in [1.807, 2.05) is 61.5 Å². The molecule has 0 amide bonds. The van der Waals surface area contributed by atoms with E-state index in [0.29, 0.717) is 22.4 Å². The zero-order valence-electron chi connectivity index (χ0n) is 19.7. The van der Waals surface area contributed by atoms with Crippen molar-refractivity contribution in [3.8, 4) is 0 Å². The molecule has 0 unspecified atom stereocenters. The molecule has 0 saturated carbocycles. The van der Waals surface area contributed by atoms with Gasteiger partial charge in [0.05, 0.1) is 5.52 Å². The number of benzene rings is 3. The van der Waals surface area contributed by atoms with Gasteiger partial charge in [0.25, 0.3) is 0 Å². The Kier molecular flexibility index (Phi) is 5.94. The normalized spacial score (nSPS) is 13.3. The summed E-state index contributed by atoms with van der Waals surface area (Å²) in [6, 6.07) is 17.2.